The van der Waals surface area contributed by atoms with Crippen LogP contribution in [0.5, 0.6) is 11.8 Å². The topological polar surface area (TPSA) is 116 Å². The number of halogens is 1. The standard InChI is InChI=1S/C28H34BrN3O5S/c1-7-11-31-24(34)19-20(25(31)35)28(26(36)37,14-15(2)3)32(21(19)22-30-10-12-38-22)23(33)16-8-9-17(18(29)13-16)27(4,5)6/h8-10,12-13,15,21,34-35H,7,11,14H2,1-6H3,(H,36,37)/t21-,28+/m1/s1. The van der Waals surface area contributed by atoms with Crippen LogP contribution in [0.3, 0.4) is 0 Å². The van der Waals surface area contributed by atoms with Gasteiger partial charge in [-0.1, -0.05) is 63.5 Å². The van der Waals surface area contributed by atoms with E-state index in [-0.39, 0.29) is 40.6 Å². The highest BCUT2D eigenvalue weighted by Crippen LogP contribution is 2.59. The van der Waals surface area contributed by atoms with Crippen LogP contribution in [0.15, 0.2) is 34.2 Å². The third-order valence-corrected chi connectivity index (χ3v) is 8.52. The SMILES string of the molecule is CCCn1c(O)c2c(c1O)[C@@](CC(C)C)(C(=O)O)N(C(=O)c1ccc(C(C)(C)C)c(Br)c1)[C@H]2c1nccs1. The Morgan fingerprint density at radius 1 is 1.21 bits per heavy atom. The van der Waals surface area contributed by atoms with Gasteiger partial charge in [0.15, 0.2) is 11.4 Å². The number of amides is 1. The summed E-state index contributed by atoms with van der Waals surface area (Å²) in [5.74, 6) is -2.52. The van der Waals surface area contributed by atoms with E-state index in [1.54, 1.807) is 23.7 Å². The Kier molecular flexibility index (Phi) is 7.44. The average molecular weight is 605 g/mol. The molecule has 3 N–H and O–H groups in total. The summed E-state index contributed by atoms with van der Waals surface area (Å²) in [7, 11) is 0. The van der Waals surface area contributed by atoms with E-state index in [4.69, 9.17) is 0 Å². The predicted octanol–water partition coefficient (Wildman–Crippen LogP) is 6.40. The molecule has 0 saturated heterocycles. The van der Waals surface area contributed by atoms with E-state index in [0.29, 0.717) is 23.5 Å². The lowest BCUT2D eigenvalue weighted by Crippen LogP contribution is -2.53. The van der Waals surface area contributed by atoms with E-state index >= 15 is 0 Å². The number of aromatic hydroxyl groups is 2. The Hall–Kier alpha value is -2.85. The van der Waals surface area contributed by atoms with Gasteiger partial charge in [-0.2, -0.15) is 0 Å². The summed E-state index contributed by atoms with van der Waals surface area (Å²) in [6.45, 7) is 12.1. The molecule has 0 unspecified atom stereocenters. The second kappa shape index (κ2) is 10.0. The number of aromatic nitrogens is 2. The Labute approximate surface area is 235 Å². The summed E-state index contributed by atoms with van der Waals surface area (Å²) in [4.78, 5) is 33.5. The fourth-order valence-electron chi connectivity index (χ4n) is 5.56. The van der Waals surface area contributed by atoms with Gasteiger partial charge in [0.1, 0.15) is 11.0 Å². The number of fused-ring (bicyclic) bond motifs is 1. The smallest absolute Gasteiger partial charge is 0.334 e. The lowest BCUT2D eigenvalue weighted by Gasteiger charge is -2.39. The summed E-state index contributed by atoms with van der Waals surface area (Å²) in [6, 6.07) is 4.30. The van der Waals surface area contributed by atoms with E-state index in [1.165, 1.54) is 20.8 Å². The Morgan fingerprint density at radius 3 is 2.39 bits per heavy atom. The predicted molar refractivity (Wildman–Crippen MR) is 150 cm³/mol. The second-order valence-electron chi connectivity index (χ2n) is 11.2. The molecule has 2 atom stereocenters. The fourth-order valence-corrected chi connectivity index (χ4v) is 7.27. The Bertz CT molecular complexity index is 1380. The van der Waals surface area contributed by atoms with Crippen molar-refractivity contribution in [1.82, 2.24) is 14.5 Å². The zero-order valence-electron chi connectivity index (χ0n) is 22.4. The number of carbonyl (C=O) groups is 2. The van der Waals surface area contributed by atoms with Crippen LogP contribution in [0.2, 0.25) is 0 Å². The number of aliphatic carboxylic acids is 1. The zero-order chi connectivity index (χ0) is 28.2. The molecule has 1 aliphatic rings. The molecule has 3 heterocycles. The molecule has 4 rings (SSSR count). The lowest BCUT2D eigenvalue weighted by molar-refractivity contribution is -0.152. The van der Waals surface area contributed by atoms with Crippen molar-refractivity contribution in [2.75, 3.05) is 0 Å². The summed E-state index contributed by atoms with van der Waals surface area (Å²) in [6.07, 6.45) is 2.23. The number of benzene rings is 1. The van der Waals surface area contributed by atoms with Crippen molar-refractivity contribution < 1.29 is 24.9 Å². The van der Waals surface area contributed by atoms with Gasteiger partial charge in [-0.15, -0.1) is 11.3 Å². The number of carboxylic acids is 1. The number of nitrogens with zero attached hydrogens (tertiary/aromatic N) is 3. The van der Waals surface area contributed by atoms with Gasteiger partial charge in [-0.05, 0) is 41.9 Å². The molecule has 2 aromatic heterocycles. The summed E-state index contributed by atoms with van der Waals surface area (Å²) >= 11 is 4.87. The molecule has 0 bridgehead atoms. The molecule has 1 aliphatic heterocycles. The van der Waals surface area contributed by atoms with Gasteiger partial charge in [-0.25, -0.2) is 9.78 Å². The summed E-state index contributed by atoms with van der Waals surface area (Å²) in [5.41, 5.74) is -0.520. The van der Waals surface area contributed by atoms with Gasteiger partial charge in [0.25, 0.3) is 5.91 Å². The zero-order valence-corrected chi connectivity index (χ0v) is 24.9. The largest absolute Gasteiger partial charge is 0.494 e. The van der Waals surface area contributed by atoms with Crippen LogP contribution < -0.4 is 0 Å². The van der Waals surface area contributed by atoms with Crippen molar-refractivity contribution >= 4 is 39.1 Å². The first kappa shape index (κ1) is 28.2. The van der Waals surface area contributed by atoms with Gasteiger partial charge in [-0.3, -0.25) is 9.36 Å². The molecule has 8 nitrogen and oxygen atoms in total. The maximum atomic E-state index is 14.4. The third-order valence-electron chi connectivity index (χ3n) is 7.03. The van der Waals surface area contributed by atoms with Crippen molar-refractivity contribution in [3.63, 3.8) is 0 Å². The molecule has 0 saturated carbocycles. The second-order valence-corrected chi connectivity index (χ2v) is 13.0. The molecule has 0 spiro atoms. The first-order valence-corrected chi connectivity index (χ1v) is 14.4. The molecule has 3 aromatic rings. The van der Waals surface area contributed by atoms with Crippen LogP contribution in [0.25, 0.3) is 0 Å². The highest BCUT2D eigenvalue weighted by Gasteiger charge is 2.63. The highest BCUT2D eigenvalue weighted by molar-refractivity contribution is 9.10. The van der Waals surface area contributed by atoms with E-state index in [0.717, 1.165) is 10.0 Å². The molecule has 0 radical (unpaired) electrons. The van der Waals surface area contributed by atoms with Gasteiger partial charge >= 0.3 is 5.97 Å². The first-order chi connectivity index (χ1) is 17.8. The molecule has 10 heteroatoms. The molecule has 1 amide bonds. The maximum Gasteiger partial charge on any atom is 0.334 e. The average Bonchev–Trinajstić information content (AvgIpc) is 3.50. The van der Waals surface area contributed by atoms with E-state index in [9.17, 15) is 24.9 Å². The molecular weight excluding hydrogens is 570 g/mol. The summed E-state index contributed by atoms with van der Waals surface area (Å²) < 4.78 is 2.07. The van der Waals surface area contributed by atoms with Crippen LogP contribution in [0.4, 0.5) is 0 Å². The Morgan fingerprint density at radius 2 is 1.89 bits per heavy atom. The maximum absolute atomic E-state index is 14.4. The molecule has 1 aromatic carbocycles. The number of carboxylic acid groups (broad SMARTS) is 1. The quantitative estimate of drug-likeness (QED) is 0.288. The van der Waals surface area contributed by atoms with Crippen molar-refractivity contribution in [2.24, 2.45) is 5.92 Å². The van der Waals surface area contributed by atoms with Crippen LogP contribution in [-0.4, -0.2) is 41.6 Å². The van der Waals surface area contributed by atoms with E-state index < -0.39 is 23.5 Å². The van der Waals surface area contributed by atoms with Crippen LogP contribution >= 0.6 is 27.3 Å². The first-order valence-electron chi connectivity index (χ1n) is 12.7. The van der Waals surface area contributed by atoms with Crippen molar-refractivity contribution in [3.05, 3.63) is 61.5 Å². The molecule has 204 valence electrons. The third kappa shape index (κ3) is 4.31. The van der Waals surface area contributed by atoms with Crippen molar-refractivity contribution in [3.8, 4) is 11.8 Å². The number of hydrogen-bond donors (Lipinski definition) is 3. The van der Waals surface area contributed by atoms with Crippen molar-refractivity contribution in [2.45, 2.75) is 77.9 Å². The van der Waals surface area contributed by atoms with Gasteiger partial charge < -0.3 is 20.2 Å². The van der Waals surface area contributed by atoms with Crippen molar-refractivity contribution in [1.29, 1.82) is 0 Å². The van der Waals surface area contributed by atoms with E-state index in [2.05, 4.69) is 41.7 Å². The van der Waals surface area contributed by atoms with E-state index in [1.807, 2.05) is 26.8 Å². The molecule has 0 fully saturated rings. The number of thiazole rings is 1. The minimum Gasteiger partial charge on any atom is -0.494 e. The number of rotatable bonds is 7. The minimum absolute atomic E-state index is 0.0351. The van der Waals surface area contributed by atoms with Gasteiger partial charge in [0.05, 0.1) is 11.1 Å². The molecule has 38 heavy (non-hydrogen) atoms. The minimum atomic E-state index is -1.92. The molecular formula is C28H34BrN3O5S. The fraction of sp³-hybridized carbons (Fsp3) is 0.464. The summed E-state index contributed by atoms with van der Waals surface area (Å²) in [5, 5.41) is 35.8. The van der Waals surface area contributed by atoms with Crippen LogP contribution in [-0.2, 0) is 22.3 Å². The Balaban J connectivity index is 2.04. The number of carbonyl (C=O) groups excluding carboxylic acids is 1. The van der Waals surface area contributed by atoms with Crippen LogP contribution in [0.1, 0.15) is 92.5 Å². The normalized spacial score (nSPS) is 19.3. The monoisotopic (exact) mass is 603 g/mol. The highest BCUT2D eigenvalue weighted by atomic mass is 79.9. The molecule has 0 aliphatic carbocycles. The lowest BCUT2D eigenvalue weighted by atomic mass is 9.82. The van der Waals surface area contributed by atoms with Gasteiger partial charge in [0, 0.05) is 28.2 Å². The number of hydrogen-bond acceptors (Lipinski definition) is 6. The van der Waals surface area contributed by atoms with Crippen LogP contribution in [0, 0.1) is 5.92 Å². The van der Waals surface area contributed by atoms with Gasteiger partial charge in [0.2, 0.25) is 5.88 Å².